The zero-order chi connectivity index (χ0) is 31.0. The second-order valence-electron chi connectivity index (χ2n) is 9.90. The first kappa shape index (κ1) is 29.4. The largest absolute Gasteiger partial charge is 0.472 e. The van der Waals surface area contributed by atoms with Gasteiger partial charge in [0.25, 0.3) is 0 Å². The Morgan fingerprint density at radius 2 is 1.27 bits per heavy atom. The molecule has 24 heteroatoms. The fraction of sp³-hybridized carbons (Fsp3) is 0.500. The molecule has 4 unspecified atom stereocenters. The van der Waals surface area contributed by atoms with E-state index in [1.165, 1.54) is 10.9 Å². The molecule has 0 saturated carbocycles. The smallest absolute Gasteiger partial charge is 0.387 e. The van der Waals surface area contributed by atoms with Crippen molar-refractivity contribution in [2.45, 2.75) is 49.1 Å². The van der Waals surface area contributed by atoms with E-state index in [1.54, 1.807) is 0 Å². The van der Waals surface area contributed by atoms with Crippen LogP contribution in [0.15, 0.2) is 25.3 Å². The van der Waals surface area contributed by atoms with E-state index in [-0.39, 0.29) is 34.0 Å². The van der Waals surface area contributed by atoms with E-state index in [2.05, 4.69) is 29.9 Å². The number of aliphatic hydroxyl groups is 1. The molecule has 0 aliphatic carbocycles. The van der Waals surface area contributed by atoms with Gasteiger partial charge in [0, 0.05) is 0 Å². The first-order chi connectivity index (χ1) is 20.9. The quantitative estimate of drug-likeness (QED) is 0.167. The van der Waals surface area contributed by atoms with E-state index in [9.17, 15) is 24.0 Å². The first-order valence-electron chi connectivity index (χ1n) is 12.7. The van der Waals surface area contributed by atoms with Gasteiger partial charge in [0.2, 0.25) is 0 Å². The second-order valence-corrected chi connectivity index (χ2v) is 12.7. The third-order valence-electron chi connectivity index (χ3n) is 7.22. The second kappa shape index (κ2) is 10.7. The van der Waals surface area contributed by atoms with Crippen LogP contribution in [0.3, 0.4) is 0 Å². The van der Waals surface area contributed by atoms with Gasteiger partial charge in [0.1, 0.15) is 54.2 Å². The standard InChI is InChI=1S/C20H23FN10O11P2/c21-9-13-8(40-19(9)30-5-28-10-15(22)24-3-26-17(10)30)2-38-44(35,36)42-14-12(32)7(1-37-43(33,34)41-13)39-20(14)31-6-29-11-16(23)25-4-27-18(11)31/h3-9,12-14,19-20,32H,1-2H2,(H,33,34)(H,35,36)(H2,22,24,26)(H2,23,25,27)/t7-,8-,9+,12?,13?,14+,19-,20-/m1/s1. The molecule has 3 aliphatic heterocycles. The van der Waals surface area contributed by atoms with Crippen molar-refractivity contribution in [3.05, 3.63) is 25.3 Å². The molecule has 4 aromatic heterocycles. The van der Waals surface area contributed by atoms with Crippen molar-refractivity contribution >= 4 is 49.6 Å². The number of aliphatic hydroxyl groups excluding tert-OH is 1. The van der Waals surface area contributed by atoms with Gasteiger partial charge in [-0.15, -0.1) is 0 Å². The first-order valence-corrected chi connectivity index (χ1v) is 15.7. The Balaban J connectivity index is 1.20. The number of fused-ring (bicyclic) bond motifs is 5. The van der Waals surface area contributed by atoms with Gasteiger partial charge in [0.15, 0.2) is 41.6 Å². The summed E-state index contributed by atoms with van der Waals surface area (Å²) >= 11 is 0. The predicted molar refractivity (Wildman–Crippen MR) is 139 cm³/mol. The van der Waals surface area contributed by atoms with Gasteiger partial charge in [0.05, 0.1) is 25.9 Å². The lowest BCUT2D eigenvalue weighted by molar-refractivity contribution is -0.0671. The normalized spacial score (nSPS) is 38.3. The number of nitrogen functional groups attached to an aromatic ring is 2. The van der Waals surface area contributed by atoms with Crippen LogP contribution in [0.5, 0.6) is 0 Å². The van der Waals surface area contributed by atoms with Crippen LogP contribution >= 0.6 is 15.6 Å². The number of halogens is 1. The van der Waals surface area contributed by atoms with Crippen LogP contribution in [0.1, 0.15) is 12.5 Å². The van der Waals surface area contributed by atoms with Gasteiger partial charge in [-0.1, -0.05) is 0 Å². The van der Waals surface area contributed by atoms with Crippen molar-refractivity contribution in [3.63, 3.8) is 0 Å². The molecule has 21 nitrogen and oxygen atoms in total. The topological polar surface area (TPSA) is 289 Å². The van der Waals surface area contributed by atoms with E-state index in [1.807, 2.05) is 0 Å². The van der Waals surface area contributed by atoms with E-state index < -0.39 is 78.0 Å². The van der Waals surface area contributed by atoms with Crippen molar-refractivity contribution < 1.29 is 56.0 Å². The summed E-state index contributed by atoms with van der Waals surface area (Å²) in [6.45, 7) is -1.68. The third-order valence-corrected chi connectivity index (χ3v) is 9.19. The highest BCUT2D eigenvalue weighted by molar-refractivity contribution is 7.47. The van der Waals surface area contributed by atoms with Gasteiger partial charge in [-0.3, -0.25) is 27.2 Å². The number of alkyl halides is 1. The molecule has 0 aromatic carbocycles. The molecule has 3 aliphatic rings. The number of nitrogens with two attached hydrogens (primary N) is 2. The van der Waals surface area contributed by atoms with Crippen molar-refractivity contribution in [3.8, 4) is 0 Å². The van der Waals surface area contributed by atoms with Gasteiger partial charge in [-0.2, -0.15) is 0 Å². The third kappa shape index (κ3) is 5.03. The summed E-state index contributed by atoms with van der Waals surface area (Å²) in [5.74, 6) is 0.0318. The number of phosphoric acid groups is 2. The number of nitrogens with zero attached hydrogens (tertiary/aromatic N) is 8. The molecule has 44 heavy (non-hydrogen) atoms. The van der Waals surface area contributed by atoms with Crippen molar-refractivity contribution in [1.29, 1.82) is 0 Å². The van der Waals surface area contributed by atoms with E-state index >= 15 is 4.39 Å². The summed E-state index contributed by atoms with van der Waals surface area (Å²) in [6, 6.07) is 0. The number of phosphoric ester groups is 2. The zero-order valence-electron chi connectivity index (χ0n) is 22.0. The van der Waals surface area contributed by atoms with Crippen LogP contribution in [0.25, 0.3) is 22.3 Å². The molecule has 0 spiro atoms. The molecule has 7 N–H and O–H groups in total. The number of anilines is 2. The van der Waals surface area contributed by atoms with Crippen molar-refractivity contribution in [1.82, 2.24) is 39.0 Å². The predicted octanol–water partition coefficient (Wildman–Crippen LogP) is -0.658. The van der Waals surface area contributed by atoms with Crippen LogP contribution in [-0.2, 0) is 36.7 Å². The van der Waals surface area contributed by atoms with E-state index in [0.29, 0.717) is 0 Å². The molecule has 0 amide bonds. The lowest BCUT2D eigenvalue weighted by Gasteiger charge is -2.25. The number of ether oxygens (including phenoxy) is 2. The van der Waals surface area contributed by atoms with E-state index in [0.717, 1.165) is 23.5 Å². The summed E-state index contributed by atoms with van der Waals surface area (Å²) in [5.41, 5.74) is 12.1. The van der Waals surface area contributed by atoms with Crippen LogP contribution < -0.4 is 11.5 Å². The highest BCUT2D eigenvalue weighted by Crippen LogP contribution is 2.54. The number of hydrogen-bond acceptors (Lipinski definition) is 17. The van der Waals surface area contributed by atoms with E-state index in [4.69, 9.17) is 39.0 Å². The molecule has 4 aromatic rings. The van der Waals surface area contributed by atoms with Gasteiger partial charge >= 0.3 is 15.6 Å². The average molecular weight is 660 g/mol. The highest BCUT2D eigenvalue weighted by atomic mass is 31.2. The molecule has 0 radical (unpaired) electrons. The number of imidazole rings is 2. The summed E-state index contributed by atoms with van der Waals surface area (Å²) < 4.78 is 76.6. The van der Waals surface area contributed by atoms with Crippen LogP contribution in [-0.4, -0.2) is 104 Å². The summed E-state index contributed by atoms with van der Waals surface area (Å²) in [7, 11) is -10.2. The van der Waals surface area contributed by atoms with Crippen molar-refractivity contribution in [2.75, 3.05) is 24.7 Å². The minimum atomic E-state index is -5.10. The molecule has 7 heterocycles. The van der Waals surface area contributed by atoms with Crippen LogP contribution in [0.4, 0.5) is 16.0 Å². The maximum absolute atomic E-state index is 15.9. The fourth-order valence-corrected chi connectivity index (χ4v) is 7.08. The molecular formula is C20H23FN10O11P2. The van der Waals surface area contributed by atoms with Crippen molar-refractivity contribution in [2.24, 2.45) is 0 Å². The van der Waals surface area contributed by atoms with Gasteiger partial charge in [-0.05, 0) is 0 Å². The Morgan fingerprint density at radius 1 is 0.773 bits per heavy atom. The highest BCUT2D eigenvalue weighted by Gasteiger charge is 2.54. The summed E-state index contributed by atoms with van der Waals surface area (Å²) in [5, 5.41) is 11.0. The summed E-state index contributed by atoms with van der Waals surface area (Å²) in [6.07, 6.45) is -8.72. The molecule has 3 fully saturated rings. The molecule has 7 rings (SSSR count). The monoisotopic (exact) mass is 660 g/mol. The number of hydrogen-bond donors (Lipinski definition) is 5. The SMILES string of the molecule is Nc1ncnc2c1ncn2[C@@H]1O[C@@H]2COP(=O)(O)O[C@H]3C(O)[C@@H](COP(=O)(O)OC2[C@@H]1F)O[C@H]3n1cnc2c(N)ncnc21. The maximum Gasteiger partial charge on any atom is 0.472 e. The molecule has 3 saturated heterocycles. The molecular weight excluding hydrogens is 637 g/mol. The molecule has 236 valence electrons. The lowest BCUT2D eigenvalue weighted by atomic mass is 10.1. The Morgan fingerprint density at radius 3 is 1.86 bits per heavy atom. The maximum atomic E-state index is 15.9. The molecule has 10 atom stereocenters. The Bertz CT molecular complexity index is 1830. The van der Waals surface area contributed by atoms with Crippen LogP contribution in [0, 0.1) is 0 Å². The Hall–Kier alpha value is -3.27. The Labute approximate surface area is 244 Å². The average Bonchev–Trinajstić information content (AvgIpc) is 3.73. The number of aromatic nitrogens is 8. The van der Waals surface area contributed by atoms with Gasteiger partial charge in [-0.25, -0.2) is 43.4 Å². The lowest BCUT2D eigenvalue weighted by Crippen LogP contribution is -2.35. The zero-order valence-corrected chi connectivity index (χ0v) is 23.7. The Kier molecular flexibility index (Phi) is 7.14. The minimum absolute atomic E-state index is 0.00729. The summed E-state index contributed by atoms with van der Waals surface area (Å²) in [4.78, 5) is 45.1. The minimum Gasteiger partial charge on any atom is -0.387 e. The van der Waals surface area contributed by atoms with Gasteiger partial charge < -0.3 is 35.8 Å². The van der Waals surface area contributed by atoms with Crippen LogP contribution in [0.2, 0.25) is 0 Å². The number of rotatable bonds is 2. The fourth-order valence-electron chi connectivity index (χ4n) is 5.19. The molecule has 2 bridgehead atoms.